The van der Waals surface area contributed by atoms with Crippen LogP contribution < -0.4 is 14.8 Å². The molecule has 1 N–H and O–H groups in total. The summed E-state index contributed by atoms with van der Waals surface area (Å²) in [5.41, 5.74) is 0.383. The van der Waals surface area contributed by atoms with Crippen molar-refractivity contribution in [3.8, 4) is 11.5 Å². The Morgan fingerprint density at radius 2 is 2.13 bits per heavy atom. The Labute approximate surface area is 181 Å². The standard InChI is InChI=1S/C20H19ClN4O4S/c21-16-5-4-13(30-16)10-22-20-23-18(12-6-7-27-11-12)24-25(20)19(26)14-2-1-3-15-17(14)29-9-8-28-15/h1-5,12H,6-11H2,(H,22,23,24). The van der Waals surface area contributed by atoms with Crippen LogP contribution in [0.1, 0.15) is 33.4 Å². The molecule has 3 aromatic rings. The average Bonchev–Trinajstić information content (AvgIpc) is 3.52. The number of anilines is 1. The zero-order valence-corrected chi connectivity index (χ0v) is 17.5. The molecule has 0 saturated carbocycles. The topological polar surface area (TPSA) is 87.5 Å². The third kappa shape index (κ3) is 3.76. The second-order valence-corrected chi connectivity index (χ2v) is 8.76. The largest absolute Gasteiger partial charge is 0.486 e. The van der Waals surface area contributed by atoms with Crippen molar-refractivity contribution in [1.29, 1.82) is 0 Å². The zero-order valence-electron chi connectivity index (χ0n) is 16.0. The van der Waals surface area contributed by atoms with Gasteiger partial charge in [-0.1, -0.05) is 17.7 Å². The molecule has 0 spiro atoms. The van der Waals surface area contributed by atoms with E-state index in [1.807, 2.05) is 12.1 Å². The van der Waals surface area contributed by atoms with Gasteiger partial charge in [0.25, 0.3) is 5.91 Å². The van der Waals surface area contributed by atoms with E-state index in [2.05, 4.69) is 15.4 Å². The highest BCUT2D eigenvalue weighted by Gasteiger charge is 2.28. The van der Waals surface area contributed by atoms with E-state index in [0.717, 1.165) is 11.3 Å². The van der Waals surface area contributed by atoms with Gasteiger partial charge in [-0.15, -0.1) is 16.4 Å². The molecule has 1 unspecified atom stereocenters. The fraction of sp³-hybridized carbons (Fsp3) is 0.350. The molecule has 5 rings (SSSR count). The predicted octanol–water partition coefficient (Wildman–Crippen LogP) is 3.57. The monoisotopic (exact) mass is 446 g/mol. The predicted molar refractivity (Wildman–Crippen MR) is 112 cm³/mol. The minimum atomic E-state index is -0.332. The van der Waals surface area contributed by atoms with Gasteiger partial charge in [0.15, 0.2) is 17.3 Å². The summed E-state index contributed by atoms with van der Waals surface area (Å²) in [6.45, 7) is 2.55. The molecule has 2 aromatic heterocycles. The van der Waals surface area contributed by atoms with Gasteiger partial charge in [0.05, 0.1) is 23.1 Å². The number of fused-ring (bicyclic) bond motifs is 1. The average molecular weight is 447 g/mol. The van der Waals surface area contributed by atoms with Gasteiger partial charge in [-0.25, -0.2) is 0 Å². The van der Waals surface area contributed by atoms with Crippen molar-refractivity contribution in [3.63, 3.8) is 0 Å². The third-order valence-corrected chi connectivity index (χ3v) is 6.19. The first-order chi connectivity index (χ1) is 14.7. The van der Waals surface area contributed by atoms with Crippen LogP contribution >= 0.6 is 22.9 Å². The van der Waals surface area contributed by atoms with Gasteiger partial charge in [-0.2, -0.15) is 9.67 Å². The van der Waals surface area contributed by atoms with E-state index in [1.165, 1.54) is 16.0 Å². The van der Waals surface area contributed by atoms with E-state index < -0.39 is 0 Å². The van der Waals surface area contributed by atoms with Crippen molar-refractivity contribution in [1.82, 2.24) is 14.8 Å². The Hall–Kier alpha value is -2.62. The fourth-order valence-electron chi connectivity index (χ4n) is 3.46. The maximum atomic E-state index is 13.4. The lowest BCUT2D eigenvalue weighted by molar-refractivity contribution is 0.0935. The molecule has 1 saturated heterocycles. The molecule has 0 radical (unpaired) electrons. The second-order valence-electron chi connectivity index (χ2n) is 6.96. The summed E-state index contributed by atoms with van der Waals surface area (Å²) in [7, 11) is 0. The van der Waals surface area contributed by atoms with Crippen molar-refractivity contribution < 1.29 is 19.0 Å². The van der Waals surface area contributed by atoms with Crippen LogP contribution in [0.2, 0.25) is 4.34 Å². The van der Waals surface area contributed by atoms with E-state index in [4.69, 9.17) is 25.8 Å². The minimum Gasteiger partial charge on any atom is -0.486 e. The van der Waals surface area contributed by atoms with Gasteiger partial charge >= 0.3 is 0 Å². The number of halogens is 1. The van der Waals surface area contributed by atoms with Crippen LogP contribution in [-0.2, 0) is 11.3 Å². The normalized spacial score (nSPS) is 17.8. The van der Waals surface area contributed by atoms with E-state index in [1.54, 1.807) is 18.2 Å². The van der Waals surface area contributed by atoms with Crippen molar-refractivity contribution >= 4 is 34.8 Å². The molecule has 1 atom stereocenters. The van der Waals surface area contributed by atoms with E-state index in [0.29, 0.717) is 66.1 Å². The Balaban J connectivity index is 1.48. The number of hydrogen-bond donors (Lipinski definition) is 1. The smallest absolute Gasteiger partial charge is 0.285 e. The number of hydrogen-bond acceptors (Lipinski definition) is 8. The summed E-state index contributed by atoms with van der Waals surface area (Å²) < 4.78 is 18.8. The van der Waals surface area contributed by atoms with Crippen molar-refractivity contribution in [2.45, 2.75) is 18.9 Å². The molecule has 30 heavy (non-hydrogen) atoms. The fourth-order valence-corrected chi connectivity index (χ4v) is 4.49. The summed E-state index contributed by atoms with van der Waals surface area (Å²) in [6.07, 6.45) is 0.829. The number of aromatic nitrogens is 3. The lowest BCUT2D eigenvalue weighted by atomic mass is 10.1. The molecule has 156 valence electrons. The van der Waals surface area contributed by atoms with Crippen LogP contribution in [0.5, 0.6) is 11.5 Å². The van der Waals surface area contributed by atoms with Gasteiger partial charge in [-0.3, -0.25) is 4.79 Å². The lowest BCUT2D eigenvalue weighted by Crippen LogP contribution is -2.22. The van der Waals surface area contributed by atoms with E-state index in [-0.39, 0.29) is 11.8 Å². The molecule has 8 nitrogen and oxygen atoms in total. The van der Waals surface area contributed by atoms with Gasteiger partial charge in [0, 0.05) is 17.4 Å². The number of para-hydroxylation sites is 1. The summed E-state index contributed by atoms with van der Waals surface area (Å²) in [5.74, 6) is 1.70. The van der Waals surface area contributed by atoms with Crippen LogP contribution in [0, 0.1) is 0 Å². The second kappa shape index (κ2) is 8.25. The Morgan fingerprint density at radius 1 is 1.23 bits per heavy atom. The van der Waals surface area contributed by atoms with Crippen molar-refractivity contribution in [2.24, 2.45) is 0 Å². The van der Waals surface area contributed by atoms with E-state index in [9.17, 15) is 4.79 Å². The SMILES string of the molecule is O=C(c1cccc2c1OCCO2)n1nc(C2CCOC2)nc1NCc1ccc(Cl)s1. The highest BCUT2D eigenvalue weighted by atomic mass is 35.5. The van der Waals surface area contributed by atoms with Crippen LogP contribution in [0.25, 0.3) is 0 Å². The first-order valence-electron chi connectivity index (χ1n) is 9.65. The molecule has 4 heterocycles. The number of carbonyl (C=O) groups is 1. The van der Waals surface area contributed by atoms with Gasteiger partial charge in [-0.05, 0) is 30.7 Å². The molecule has 10 heteroatoms. The summed E-state index contributed by atoms with van der Waals surface area (Å²) >= 11 is 7.50. The Bertz CT molecular complexity index is 1080. The van der Waals surface area contributed by atoms with Gasteiger partial charge < -0.3 is 19.5 Å². The number of benzene rings is 1. The Kier molecular flexibility index (Phi) is 5.32. The Morgan fingerprint density at radius 3 is 2.93 bits per heavy atom. The maximum absolute atomic E-state index is 13.4. The number of ether oxygens (including phenoxy) is 3. The van der Waals surface area contributed by atoms with Crippen molar-refractivity contribution in [3.05, 3.63) is 50.9 Å². The molecule has 0 amide bonds. The highest BCUT2D eigenvalue weighted by molar-refractivity contribution is 7.16. The quantitative estimate of drug-likeness (QED) is 0.641. The number of thiophene rings is 1. The maximum Gasteiger partial charge on any atom is 0.285 e. The lowest BCUT2D eigenvalue weighted by Gasteiger charge is -2.20. The molecule has 0 aliphatic carbocycles. The first-order valence-corrected chi connectivity index (χ1v) is 10.8. The van der Waals surface area contributed by atoms with Crippen LogP contribution in [0.4, 0.5) is 5.95 Å². The molecule has 1 fully saturated rings. The molecule has 0 bridgehead atoms. The third-order valence-electron chi connectivity index (χ3n) is 4.96. The molecule has 1 aromatic carbocycles. The number of nitrogens with zero attached hydrogens (tertiary/aromatic N) is 3. The summed E-state index contributed by atoms with van der Waals surface area (Å²) in [6, 6.07) is 9.04. The first kappa shape index (κ1) is 19.3. The van der Waals surface area contributed by atoms with E-state index >= 15 is 0 Å². The van der Waals surface area contributed by atoms with Crippen molar-refractivity contribution in [2.75, 3.05) is 31.7 Å². The van der Waals surface area contributed by atoms with Crippen LogP contribution in [-0.4, -0.2) is 47.1 Å². The molecular formula is C20H19ClN4O4S. The van der Waals surface area contributed by atoms with Gasteiger partial charge in [0.2, 0.25) is 5.95 Å². The molecule has 2 aliphatic heterocycles. The molecule has 2 aliphatic rings. The number of carbonyl (C=O) groups excluding carboxylic acids is 1. The highest BCUT2D eigenvalue weighted by Crippen LogP contribution is 2.34. The summed E-state index contributed by atoms with van der Waals surface area (Å²) in [4.78, 5) is 19.1. The summed E-state index contributed by atoms with van der Waals surface area (Å²) in [5, 5.41) is 7.75. The van der Waals surface area contributed by atoms with Crippen LogP contribution in [0.3, 0.4) is 0 Å². The number of rotatable bonds is 5. The zero-order chi connectivity index (χ0) is 20.5. The van der Waals surface area contributed by atoms with Crippen LogP contribution in [0.15, 0.2) is 30.3 Å². The number of nitrogens with one attached hydrogen (secondary N) is 1. The molecular weight excluding hydrogens is 428 g/mol. The van der Waals surface area contributed by atoms with Gasteiger partial charge in [0.1, 0.15) is 13.2 Å². The minimum absolute atomic E-state index is 0.0695.